The topological polar surface area (TPSA) is 97.5 Å². The Hall–Kier alpha value is -1.96. The van der Waals surface area contributed by atoms with Crippen LogP contribution < -0.4 is 10.6 Å². The van der Waals surface area contributed by atoms with E-state index in [0.29, 0.717) is 11.9 Å². The summed E-state index contributed by atoms with van der Waals surface area (Å²) in [7, 11) is 0. The van der Waals surface area contributed by atoms with Crippen molar-refractivity contribution in [1.29, 1.82) is 0 Å². The van der Waals surface area contributed by atoms with E-state index in [0.717, 1.165) is 32.7 Å². The van der Waals surface area contributed by atoms with Crippen LogP contribution in [0.4, 0.5) is 11.9 Å². The fourth-order valence-corrected chi connectivity index (χ4v) is 2.46. The normalized spacial score (nSPS) is 16.1. The van der Waals surface area contributed by atoms with E-state index >= 15 is 0 Å². The van der Waals surface area contributed by atoms with Gasteiger partial charge in [0.25, 0.3) is 0 Å². The van der Waals surface area contributed by atoms with Crippen molar-refractivity contribution in [2.24, 2.45) is 5.92 Å². The molecule has 0 bridgehead atoms. The predicted octanol–water partition coefficient (Wildman–Crippen LogP) is 0.409. The van der Waals surface area contributed by atoms with Crippen LogP contribution in [-0.4, -0.2) is 65.2 Å². The number of rotatable bonds is 5. The summed E-state index contributed by atoms with van der Waals surface area (Å²) in [5, 5.41) is 0. The van der Waals surface area contributed by atoms with E-state index in [1.807, 2.05) is 4.90 Å². The molecule has 1 aromatic rings. The van der Waals surface area contributed by atoms with Crippen molar-refractivity contribution in [2.45, 2.75) is 20.8 Å². The lowest BCUT2D eigenvalue weighted by Gasteiger charge is -2.35. The Morgan fingerprint density at radius 1 is 1.23 bits per heavy atom. The molecule has 2 N–H and O–H groups in total. The first-order valence-corrected chi connectivity index (χ1v) is 7.65. The second-order valence-electron chi connectivity index (χ2n) is 5.72. The van der Waals surface area contributed by atoms with E-state index in [4.69, 9.17) is 10.5 Å². The highest BCUT2D eigenvalue weighted by Crippen LogP contribution is 2.13. The highest BCUT2D eigenvalue weighted by molar-refractivity contribution is 5.85. The molecule has 0 unspecified atom stereocenters. The van der Waals surface area contributed by atoms with Gasteiger partial charge in [-0.1, -0.05) is 13.8 Å². The average molecular weight is 308 g/mol. The number of nitrogen functional groups attached to an aromatic ring is 1. The zero-order valence-corrected chi connectivity index (χ0v) is 13.4. The predicted molar refractivity (Wildman–Crippen MR) is 83.7 cm³/mol. The summed E-state index contributed by atoms with van der Waals surface area (Å²) in [4.78, 5) is 28.4. The monoisotopic (exact) mass is 308 g/mol. The molecule has 1 aliphatic rings. The lowest BCUT2D eigenvalue weighted by molar-refractivity contribution is 0.0512. The van der Waals surface area contributed by atoms with Gasteiger partial charge < -0.3 is 15.4 Å². The van der Waals surface area contributed by atoms with Crippen LogP contribution in [0.2, 0.25) is 0 Å². The van der Waals surface area contributed by atoms with Crippen LogP contribution in [0.1, 0.15) is 31.4 Å². The Kier molecular flexibility index (Phi) is 5.48. The molecule has 0 aliphatic carbocycles. The molecule has 1 aromatic heterocycles. The Balaban J connectivity index is 2.05. The van der Waals surface area contributed by atoms with Crippen LogP contribution in [0.5, 0.6) is 0 Å². The highest BCUT2D eigenvalue weighted by atomic mass is 16.5. The van der Waals surface area contributed by atoms with E-state index in [2.05, 4.69) is 33.7 Å². The van der Waals surface area contributed by atoms with Crippen molar-refractivity contribution in [3.63, 3.8) is 0 Å². The minimum absolute atomic E-state index is 0.0334. The Morgan fingerprint density at radius 2 is 1.91 bits per heavy atom. The van der Waals surface area contributed by atoms with Crippen LogP contribution >= 0.6 is 0 Å². The number of carbonyl (C=O) groups is 1. The quantitative estimate of drug-likeness (QED) is 0.781. The second kappa shape index (κ2) is 7.35. The van der Waals surface area contributed by atoms with Gasteiger partial charge in [-0.05, 0) is 12.8 Å². The number of esters is 1. The largest absolute Gasteiger partial charge is 0.460 e. The van der Waals surface area contributed by atoms with Crippen LogP contribution in [0.25, 0.3) is 0 Å². The van der Waals surface area contributed by atoms with Gasteiger partial charge in [-0.2, -0.15) is 15.0 Å². The fraction of sp³-hybridized carbons (Fsp3) is 0.714. The molecule has 8 nitrogen and oxygen atoms in total. The van der Waals surface area contributed by atoms with Gasteiger partial charge in [0.05, 0.1) is 6.61 Å². The van der Waals surface area contributed by atoms with Gasteiger partial charge in [0.2, 0.25) is 17.7 Å². The van der Waals surface area contributed by atoms with Crippen LogP contribution in [0, 0.1) is 5.92 Å². The number of carbonyl (C=O) groups excluding carboxylic acids is 1. The third-order valence-electron chi connectivity index (χ3n) is 3.38. The zero-order valence-electron chi connectivity index (χ0n) is 13.4. The van der Waals surface area contributed by atoms with Gasteiger partial charge in [-0.3, -0.25) is 4.90 Å². The zero-order chi connectivity index (χ0) is 16.1. The first-order valence-electron chi connectivity index (χ1n) is 7.65. The van der Waals surface area contributed by atoms with E-state index in [9.17, 15) is 4.79 Å². The maximum absolute atomic E-state index is 11.7. The standard InChI is InChI=1S/C14H24N6O2/c1-4-22-12(21)11-16-13(15)18-14(17-11)20-7-5-19(6-8-20)9-10(2)3/h10H,4-9H2,1-3H3,(H2,15,16,17,18). The van der Waals surface area contributed by atoms with Gasteiger partial charge >= 0.3 is 5.97 Å². The van der Waals surface area contributed by atoms with Crippen molar-refractivity contribution in [3.8, 4) is 0 Å². The van der Waals surface area contributed by atoms with Crippen LogP contribution in [0.15, 0.2) is 0 Å². The molecule has 0 radical (unpaired) electrons. The molecule has 122 valence electrons. The Morgan fingerprint density at radius 3 is 2.50 bits per heavy atom. The number of hydrogen-bond donors (Lipinski definition) is 1. The van der Waals surface area contributed by atoms with Crippen molar-refractivity contribution in [1.82, 2.24) is 19.9 Å². The molecule has 0 spiro atoms. The van der Waals surface area contributed by atoms with E-state index in [1.165, 1.54) is 0 Å². The molecule has 1 fully saturated rings. The van der Waals surface area contributed by atoms with Gasteiger partial charge in [0, 0.05) is 32.7 Å². The minimum atomic E-state index is -0.573. The second-order valence-corrected chi connectivity index (χ2v) is 5.72. The third kappa shape index (κ3) is 4.27. The molecule has 0 aromatic carbocycles. The van der Waals surface area contributed by atoms with Crippen molar-refractivity contribution >= 4 is 17.9 Å². The van der Waals surface area contributed by atoms with Crippen molar-refractivity contribution in [2.75, 3.05) is 50.0 Å². The molecule has 1 saturated heterocycles. The Bertz CT molecular complexity index is 514. The summed E-state index contributed by atoms with van der Waals surface area (Å²) in [6.07, 6.45) is 0. The molecule has 1 aliphatic heterocycles. The van der Waals surface area contributed by atoms with Crippen molar-refractivity contribution in [3.05, 3.63) is 5.82 Å². The average Bonchev–Trinajstić information content (AvgIpc) is 2.47. The van der Waals surface area contributed by atoms with Gasteiger partial charge in [-0.25, -0.2) is 4.79 Å². The summed E-state index contributed by atoms with van der Waals surface area (Å²) in [6.45, 7) is 11.0. The molecular formula is C14H24N6O2. The van der Waals surface area contributed by atoms with E-state index in [1.54, 1.807) is 6.92 Å². The van der Waals surface area contributed by atoms with Crippen LogP contribution in [-0.2, 0) is 4.74 Å². The Labute approximate surface area is 130 Å². The van der Waals surface area contributed by atoms with Gasteiger partial charge in [0.15, 0.2) is 0 Å². The van der Waals surface area contributed by atoms with Crippen molar-refractivity contribution < 1.29 is 9.53 Å². The number of nitrogens with zero attached hydrogens (tertiary/aromatic N) is 5. The number of nitrogens with two attached hydrogens (primary N) is 1. The van der Waals surface area contributed by atoms with Crippen LogP contribution in [0.3, 0.4) is 0 Å². The molecule has 0 amide bonds. The lowest BCUT2D eigenvalue weighted by Crippen LogP contribution is -2.48. The van der Waals surface area contributed by atoms with Gasteiger partial charge in [0.1, 0.15) is 0 Å². The summed E-state index contributed by atoms with van der Waals surface area (Å²) in [5.41, 5.74) is 5.69. The molecule has 2 heterocycles. The maximum atomic E-state index is 11.7. The maximum Gasteiger partial charge on any atom is 0.376 e. The summed E-state index contributed by atoms with van der Waals surface area (Å²) < 4.78 is 4.91. The van der Waals surface area contributed by atoms with E-state index < -0.39 is 5.97 Å². The molecule has 22 heavy (non-hydrogen) atoms. The third-order valence-corrected chi connectivity index (χ3v) is 3.38. The summed E-state index contributed by atoms with van der Waals surface area (Å²) in [5.74, 6) is 0.525. The first kappa shape index (κ1) is 16.4. The molecule has 0 saturated carbocycles. The molecule has 2 rings (SSSR count). The smallest absolute Gasteiger partial charge is 0.376 e. The molecule has 0 atom stereocenters. The number of anilines is 2. The highest BCUT2D eigenvalue weighted by Gasteiger charge is 2.22. The number of piperazine rings is 1. The number of aromatic nitrogens is 3. The molecule has 8 heteroatoms. The fourth-order valence-electron chi connectivity index (χ4n) is 2.46. The van der Waals surface area contributed by atoms with E-state index in [-0.39, 0.29) is 18.4 Å². The lowest BCUT2D eigenvalue weighted by atomic mass is 10.2. The number of hydrogen-bond acceptors (Lipinski definition) is 8. The minimum Gasteiger partial charge on any atom is -0.460 e. The first-order chi connectivity index (χ1) is 10.5. The summed E-state index contributed by atoms with van der Waals surface area (Å²) in [6, 6.07) is 0. The summed E-state index contributed by atoms with van der Waals surface area (Å²) >= 11 is 0. The van der Waals surface area contributed by atoms with Gasteiger partial charge in [-0.15, -0.1) is 0 Å². The SMILES string of the molecule is CCOC(=O)c1nc(N)nc(N2CCN(CC(C)C)CC2)n1. The number of ether oxygens (including phenoxy) is 1. The molecular weight excluding hydrogens is 284 g/mol.